The first-order chi connectivity index (χ1) is 12.1. The minimum absolute atomic E-state index is 0.132. The monoisotopic (exact) mass is 342 g/mol. The first-order valence-corrected chi connectivity index (χ1v) is 7.89. The largest absolute Gasteiger partial charge is 0.361 e. The summed E-state index contributed by atoms with van der Waals surface area (Å²) in [6, 6.07) is 7.36. The number of hydrogen-bond acceptors (Lipinski definition) is 7. The standard InChI is InChI=1S/C16H18N6O3/c1-17-15(23)11-4-2-10(3-5-11)8-18-16-19-9-13(22(24)25)14(21-16)20-12-6-7-12/h2-5,9,12H,6-8H2,1H3,(H,17,23)(H2,18,19,20,21). The van der Waals surface area contributed by atoms with Gasteiger partial charge in [-0.1, -0.05) is 12.1 Å². The predicted molar refractivity (Wildman–Crippen MR) is 92.5 cm³/mol. The summed E-state index contributed by atoms with van der Waals surface area (Å²) in [4.78, 5) is 30.3. The highest BCUT2D eigenvalue weighted by Gasteiger charge is 2.26. The lowest BCUT2D eigenvalue weighted by Crippen LogP contribution is -2.17. The van der Waals surface area contributed by atoms with E-state index in [1.54, 1.807) is 19.2 Å². The van der Waals surface area contributed by atoms with Crippen LogP contribution in [0.3, 0.4) is 0 Å². The first-order valence-electron chi connectivity index (χ1n) is 7.89. The average Bonchev–Trinajstić information content (AvgIpc) is 3.43. The van der Waals surface area contributed by atoms with Crippen molar-refractivity contribution >= 4 is 23.4 Å². The number of rotatable bonds is 7. The van der Waals surface area contributed by atoms with Crippen molar-refractivity contribution in [1.29, 1.82) is 0 Å². The van der Waals surface area contributed by atoms with Crippen LogP contribution in [0.15, 0.2) is 30.5 Å². The Morgan fingerprint density at radius 1 is 1.32 bits per heavy atom. The van der Waals surface area contributed by atoms with Crippen LogP contribution >= 0.6 is 0 Å². The second kappa shape index (κ2) is 7.12. The van der Waals surface area contributed by atoms with Crippen LogP contribution in [0.25, 0.3) is 0 Å². The van der Waals surface area contributed by atoms with Gasteiger partial charge in [0.25, 0.3) is 5.91 Å². The van der Waals surface area contributed by atoms with Crippen molar-refractivity contribution in [2.75, 3.05) is 17.7 Å². The van der Waals surface area contributed by atoms with Crippen LogP contribution < -0.4 is 16.0 Å². The van der Waals surface area contributed by atoms with E-state index in [0.717, 1.165) is 18.4 Å². The Kier molecular flexibility index (Phi) is 4.73. The van der Waals surface area contributed by atoms with Crippen LogP contribution in [-0.4, -0.2) is 33.9 Å². The van der Waals surface area contributed by atoms with Gasteiger partial charge < -0.3 is 16.0 Å². The lowest BCUT2D eigenvalue weighted by molar-refractivity contribution is -0.384. The van der Waals surface area contributed by atoms with E-state index >= 15 is 0 Å². The number of anilines is 2. The predicted octanol–water partition coefficient (Wildman–Crippen LogP) is 1.93. The molecule has 1 aromatic heterocycles. The van der Waals surface area contributed by atoms with E-state index in [0.29, 0.717) is 18.1 Å². The Morgan fingerprint density at radius 2 is 2.04 bits per heavy atom. The zero-order valence-electron chi connectivity index (χ0n) is 13.7. The zero-order chi connectivity index (χ0) is 17.8. The number of aromatic nitrogens is 2. The number of nitro groups is 1. The molecule has 0 spiro atoms. The number of amides is 1. The number of hydrogen-bond donors (Lipinski definition) is 3. The van der Waals surface area contributed by atoms with Crippen LogP contribution in [-0.2, 0) is 6.54 Å². The molecule has 1 heterocycles. The molecule has 1 saturated carbocycles. The van der Waals surface area contributed by atoms with Crippen molar-refractivity contribution in [3.63, 3.8) is 0 Å². The van der Waals surface area contributed by atoms with E-state index in [9.17, 15) is 14.9 Å². The topological polar surface area (TPSA) is 122 Å². The molecule has 1 aromatic carbocycles. The molecule has 0 saturated heterocycles. The van der Waals surface area contributed by atoms with E-state index in [1.165, 1.54) is 6.20 Å². The van der Waals surface area contributed by atoms with E-state index in [1.807, 2.05) is 12.1 Å². The molecule has 9 nitrogen and oxygen atoms in total. The minimum Gasteiger partial charge on any atom is -0.361 e. The Bertz CT molecular complexity index is 789. The second-order valence-corrected chi connectivity index (χ2v) is 5.73. The summed E-state index contributed by atoms with van der Waals surface area (Å²) in [7, 11) is 1.58. The van der Waals surface area contributed by atoms with E-state index in [4.69, 9.17) is 0 Å². The fourth-order valence-corrected chi connectivity index (χ4v) is 2.22. The summed E-state index contributed by atoms with van der Waals surface area (Å²) >= 11 is 0. The van der Waals surface area contributed by atoms with Gasteiger partial charge in [-0.25, -0.2) is 4.98 Å². The summed E-state index contributed by atoms with van der Waals surface area (Å²) in [5.74, 6) is 0.401. The Labute approximate surface area is 144 Å². The number of benzene rings is 1. The lowest BCUT2D eigenvalue weighted by Gasteiger charge is -2.09. The van der Waals surface area contributed by atoms with Crippen LogP contribution in [0, 0.1) is 10.1 Å². The third-order valence-electron chi connectivity index (χ3n) is 3.78. The van der Waals surface area contributed by atoms with Crippen molar-refractivity contribution in [1.82, 2.24) is 15.3 Å². The zero-order valence-corrected chi connectivity index (χ0v) is 13.7. The van der Waals surface area contributed by atoms with Crippen LogP contribution in [0.1, 0.15) is 28.8 Å². The van der Waals surface area contributed by atoms with Gasteiger partial charge in [0.05, 0.1) is 4.92 Å². The van der Waals surface area contributed by atoms with Crippen molar-refractivity contribution in [2.24, 2.45) is 0 Å². The maximum Gasteiger partial charge on any atom is 0.329 e. The number of carbonyl (C=O) groups excluding carboxylic acids is 1. The molecular weight excluding hydrogens is 324 g/mol. The quantitative estimate of drug-likeness (QED) is 0.519. The molecule has 1 aliphatic carbocycles. The minimum atomic E-state index is -0.494. The Hall–Kier alpha value is -3.23. The highest BCUT2D eigenvalue weighted by Crippen LogP contribution is 2.29. The van der Waals surface area contributed by atoms with Gasteiger partial charge in [0.1, 0.15) is 6.20 Å². The Balaban J connectivity index is 1.68. The molecule has 2 aromatic rings. The summed E-state index contributed by atoms with van der Waals surface area (Å²) in [5.41, 5.74) is 1.38. The molecule has 3 N–H and O–H groups in total. The number of nitrogens with zero attached hydrogens (tertiary/aromatic N) is 3. The maximum atomic E-state index is 11.5. The third kappa shape index (κ3) is 4.19. The van der Waals surface area contributed by atoms with Gasteiger partial charge in [-0.15, -0.1) is 0 Å². The molecule has 25 heavy (non-hydrogen) atoms. The lowest BCUT2D eigenvalue weighted by atomic mass is 10.1. The number of nitrogens with one attached hydrogen (secondary N) is 3. The summed E-state index contributed by atoms with van der Waals surface area (Å²) in [5, 5.41) is 19.7. The molecule has 1 fully saturated rings. The van der Waals surface area contributed by atoms with Gasteiger partial charge in [-0.2, -0.15) is 4.98 Å². The van der Waals surface area contributed by atoms with Gasteiger partial charge in [-0.3, -0.25) is 14.9 Å². The highest BCUT2D eigenvalue weighted by molar-refractivity contribution is 5.93. The van der Waals surface area contributed by atoms with Crippen LogP contribution in [0.4, 0.5) is 17.5 Å². The van der Waals surface area contributed by atoms with Crippen molar-refractivity contribution in [2.45, 2.75) is 25.4 Å². The maximum absolute atomic E-state index is 11.5. The third-order valence-corrected chi connectivity index (χ3v) is 3.78. The fraction of sp³-hybridized carbons (Fsp3) is 0.312. The van der Waals surface area contributed by atoms with E-state index in [-0.39, 0.29) is 23.5 Å². The fourth-order valence-electron chi connectivity index (χ4n) is 2.22. The summed E-state index contributed by atoms with van der Waals surface area (Å²) in [6.45, 7) is 0.439. The van der Waals surface area contributed by atoms with Crippen LogP contribution in [0.2, 0.25) is 0 Å². The average molecular weight is 342 g/mol. The molecular formula is C16H18N6O3. The molecule has 0 bridgehead atoms. The second-order valence-electron chi connectivity index (χ2n) is 5.73. The molecule has 3 rings (SSSR count). The SMILES string of the molecule is CNC(=O)c1ccc(CNc2ncc([N+](=O)[O-])c(NC3CC3)n2)cc1. The summed E-state index contributed by atoms with van der Waals surface area (Å²) < 4.78 is 0. The molecule has 9 heteroatoms. The van der Waals surface area contributed by atoms with E-state index in [2.05, 4.69) is 25.9 Å². The van der Waals surface area contributed by atoms with Gasteiger partial charge in [0.2, 0.25) is 11.8 Å². The number of carbonyl (C=O) groups is 1. The van der Waals surface area contributed by atoms with Crippen LogP contribution in [0.5, 0.6) is 0 Å². The molecule has 0 aliphatic heterocycles. The molecule has 0 unspecified atom stereocenters. The first kappa shape index (κ1) is 16.6. The van der Waals surface area contributed by atoms with Gasteiger partial charge >= 0.3 is 5.69 Å². The molecule has 1 aliphatic rings. The normalized spacial score (nSPS) is 13.2. The van der Waals surface area contributed by atoms with Crippen molar-refractivity contribution < 1.29 is 9.72 Å². The van der Waals surface area contributed by atoms with Gasteiger partial charge in [0, 0.05) is 25.2 Å². The molecule has 130 valence electrons. The molecule has 1 amide bonds. The van der Waals surface area contributed by atoms with Crippen molar-refractivity contribution in [3.8, 4) is 0 Å². The van der Waals surface area contributed by atoms with Gasteiger partial charge in [-0.05, 0) is 30.5 Å². The molecule has 0 atom stereocenters. The Morgan fingerprint density at radius 3 is 2.64 bits per heavy atom. The smallest absolute Gasteiger partial charge is 0.329 e. The van der Waals surface area contributed by atoms with E-state index < -0.39 is 4.92 Å². The van der Waals surface area contributed by atoms with Crippen molar-refractivity contribution in [3.05, 3.63) is 51.7 Å². The molecule has 0 radical (unpaired) electrons. The van der Waals surface area contributed by atoms with Gasteiger partial charge in [0.15, 0.2) is 0 Å². The summed E-state index contributed by atoms with van der Waals surface area (Å²) in [6.07, 6.45) is 3.18. The highest BCUT2D eigenvalue weighted by atomic mass is 16.6.